The molecule has 0 fully saturated rings. The standard InChI is InChI=1S/C17H19NO6S/c1-11-6-7-14(25(3,21)22)9-15(11)17(20)24-12(2)16(19)18-10-13-5-4-8-23-13/h4-9,12H,10H2,1-3H3,(H,18,19)/t12-/m1/s1. The molecular formula is C17H19NO6S. The molecule has 0 saturated heterocycles. The quantitative estimate of drug-likeness (QED) is 0.784. The average molecular weight is 365 g/mol. The zero-order chi connectivity index (χ0) is 18.6. The van der Waals surface area contributed by atoms with Crippen LogP contribution in [-0.2, 0) is 25.9 Å². The lowest BCUT2D eigenvalue weighted by molar-refractivity contribution is -0.129. The number of benzene rings is 1. The highest BCUT2D eigenvalue weighted by Gasteiger charge is 2.21. The van der Waals surface area contributed by atoms with Gasteiger partial charge in [-0.05, 0) is 43.7 Å². The van der Waals surface area contributed by atoms with Crippen molar-refractivity contribution in [3.8, 4) is 0 Å². The Morgan fingerprint density at radius 2 is 2.00 bits per heavy atom. The summed E-state index contributed by atoms with van der Waals surface area (Å²) in [6.07, 6.45) is 1.50. The second kappa shape index (κ2) is 7.52. The molecule has 1 atom stereocenters. The molecule has 134 valence electrons. The number of ether oxygens (including phenoxy) is 1. The summed E-state index contributed by atoms with van der Waals surface area (Å²) < 4.78 is 33.5. The van der Waals surface area contributed by atoms with Gasteiger partial charge in [-0.2, -0.15) is 0 Å². The Bertz CT molecular complexity index is 871. The lowest BCUT2D eigenvalue weighted by Crippen LogP contribution is -2.35. The number of sulfone groups is 1. The van der Waals surface area contributed by atoms with Crippen LogP contribution in [0.1, 0.15) is 28.6 Å². The Morgan fingerprint density at radius 1 is 1.28 bits per heavy atom. The normalized spacial score (nSPS) is 12.4. The number of amides is 1. The summed E-state index contributed by atoms with van der Waals surface area (Å²) in [5.41, 5.74) is 0.661. The van der Waals surface area contributed by atoms with Gasteiger partial charge in [0.25, 0.3) is 5.91 Å². The largest absolute Gasteiger partial charge is 0.467 e. The van der Waals surface area contributed by atoms with E-state index in [-0.39, 0.29) is 17.0 Å². The fourth-order valence-corrected chi connectivity index (χ4v) is 2.71. The Kier molecular flexibility index (Phi) is 5.63. The lowest BCUT2D eigenvalue weighted by Gasteiger charge is -2.14. The minimum absolute atomic E-state index is 0.0139. The highest BCUT2D eigenvalue weighted by molar-refractivity contribution is 7.90. The van der Waals surface area contributed by atoms with Gasteiger partial charge in [0.05, 0.1) is 23.3 Å². The van der Waals surface area contributed by atoms with Crippen molar-refractivity contribution in [3.63, 3.8) is 0 Å². The van der Waals surface area contributed by atoms with Crippen molar-refractivity contribution in [1.82, 2.24) is 5.32 Å². The third-order valence-corrected chi connectivity index (χ3v) is 4.64. The summed E-state index contributed by atoms with van der Waals surface area (Å²) in [6, 6.07) is 7.59. The van der Waals surface area contributed by atoms with E-state index in [1.54, 1.807) is 19.1 Å². The van der Waals surface area contributed by atoms with E-state index in [1.165, 1.54) is 31.4 Å². The molecular weight excluding hydrogens is 346 g/mol. The van der Waals surface area contributed by atoms with Gasteiger partial charge in [-0.3, -0.25) is 4.79 Å². The molecule has 0 unspecified atom stereocenters. The number of carbonyl (C=O) groups is 2. The van der Waals surface area contributed by atoms with E-state index in [1.807, 2.05) is 0 Å². The van der Waals surface area contributed by atoms with Gasteiger partial charge in [0.1, 0.15) is 5.76 Å². The van der Waals surface area contributed by atoms with Crippen molar-refractivity contribution in [2.75, 3.05) is 6.26 Å². The summed E-state index contributed by atoms with van der Waals surface area (Å²) in [4.78, 5) is 24.3. The smallest absolute Gasteiger partial charge is 0.339 e. The number of hydrogen-bond acceptors (Lipinski definition) is 6. The molecule has 0 aliphatic carbocycles. The van der Waals surface area contributed by atoms with Gasteiger partial charge in [-0.25, -0.2) is 13.2 Å². The Balaban J connectivity index is 2.04. The van der Waals surface area contributed by atoms with Crippen LogP contribution in [0.25, 0.3) is 0 Å². The maximum absolute atomic E-state index is 12.3. The highest BCUT2D eigenvalue weighted by atomic mass is 32.2. The topological polar surface area (TPSA) is 103 Å². The van der Waals surface area contributed by atoms with Crippen LogP contribution in [0.15, 0.2) is 45.9 Å². The maximum Gasteiger partial charge on any atom is 0.339 e. The fraction of sp³-hybridized carbons (Fsp3) is 0.294. The molecule has 0 aliphatic heterocycles. The first-order valence-corrected chi connectivity index (χ1v) is 9.39. The van der Waals surface area contributed by atoms with Gasteiger partial charge < -0.3 is 14.5 Å². The fourth-order valence-electron chi connectivity index (χ4n) is 2.06. The average Bonchev–Trinajstić information content (AvgIpc) is 3.05. The molecule has 0 spiro atoms. The predicted octanol–water partition coefficient (Wildman–Crippen LogP) is 1.85. The SMILES string of the molecule is Cc1ccc(S(C)(=O)=O)cc1C(=O)O[C@H](C)C(=O)NCc1ccco1. The molecule has 25 heavy (non-hydrogen) atoms. The number of nitrogens with one attached hydrogen (secondary N) is 1. The second-order valence-corrected chi connectivity index (χ2v) is 7.61. The zero-order valence-corrected chi connectivity index (χ0v) is 14.9. The molecule has 7 nitrogen and oxygen atoms in total. The van der Waals surface area contributed by atoms with E-state index >= 15 is 0 Å². The molecule has 0 saturated carbocycles. The van der Waals surface area contributed by atoms with Gasteiger partial charge in [-0.1, -0.05) is 6.07 Å². The van der Waals surface area contributed by atoms with Crippen LogP contribution in [0.4, 0.5) is 0 Å². The van der Waals surface area contributed by atoms with Crippen LogP contribution in [0, 0.1) is 6.92 Å². The molecule has 1 heterocycles. The van der Waals surface area contributed by atoms with Gasteiger partial charge in [0, 0.05) is 6.26 Å². The van der Waals surface area contributed by atoms with Gasteiger partial charge in [0.15, 0.2) is 15.9 Å². The molecule has 8 heteroatoms. The number of furan rings is 1. The monoisotopic (exact) mass is 365 g/mol. The molecule has 1 N–H and O–H groups in total. The van der Waals surface area contributed by atoms with E-state index < -0.39 is 27.8 Å². The van der Waals surface area contributed by atoms with Crippen LogP contribution in [-0.4, -0.2) is 32.7 Å². The molecule has 2 rings (SSSR count). The van der Waals surface area contributed by atoms with Crippen LogP contribution in [0.2, 0.25) is 0 Å². The van der Waals surface area contributed by atoms with E-state index in [0.29, 0.717) is 11.3 Å². The molecule has 0 radical (unpaired) electrons. The Morgan fingerprint density at radius 3 is 2.60 bits per heavy atom. The van der Waals surface area contributed by atoms with Crippen molar-refractivity contribution in [3.05, 3.63) is 53.5 Å². The Hall–Kier alpha value is -2.61. The minimum atomic E-state index is -3.45. The molecule has 1 aromatic heterocycles. The van der Waals surface area contributed by atoms with Crippen molar-refractivity contribution in [1.29, 1.82) is 0 Å². The number of esters is 1. The molecule has 0 aliphatic rings. The zero-order valence-electron chi connectivity index (χ0n) is 14.1. The molecule has 0 bridgehead atoms. The third kappa shape index (κ3) is 4.93. The number of carbonyl (C=O) groups excluding carboxylic acids is 2. The molecule has 1 amide bonds. The third-order valence-electron chi connectivity index (χ3n) is 3.53. The van der Waals surface area contributed by atoms with E-state index in [4.69, 9.17) is 9.15 Å². The second-order valence-electron chi connectivity index (χ2n) is 5.59. The van der Waals surface area contributed by atoms with Crippen molar-refractivity contribution >= 4 is 21.7 Å². The lowest BCUT2D eigenvalue weighted by atomic mass is 10.1. The molecule has 2 aromatic rings. The summed E-state index contributed by atoms with van der Waals surface area (Å²) in [7, 11) is -3.45. The van der Waals surface area contributed by atoms with E-state index in [9.17, 15) is 18.0 Å². The number of hydrogen-bond donors (Lipinski definition) is 1. The van der Waals surface area contributed by atoms with Gasteiger partial charge >= 0.3 is 5.97 Å². The highest BCUT2D eigenvalue weighted by Crippen LogP contribution is 2.17. The number of aryl methyl sites for hydroxylation is 1. The van der Waals surface area contributed by atoms with Crippen molar-refractivity contribution in [2.24, 2.45) is 0 Å². The number of rotatable bonds is 6. The van der Waals surface area contributed by atoms with Crippen LogP contribution in [0.5, 0.6) is 0 Å². The van der Waals surface area contributed by atoms with Crippen molar-refractivity contribution in [2.45, 2.75) is 31.4 Å². The summed E-state index contributed by atoms with van der Waals surface area (Å²) in [6.45, 7) is 3.27. The first-order chi connectivity index (χ1) is 11.7. The van der Waals surface area contributed by atoms with E-state index in [2.05, 4.69) is 5.32 Å². The van der Waals surface area contributed by atoms with Crippen LogP contribution >= 0.6 is 0 Å². The molecule has 1 aromatic carbocycles. The van der Waals surface area contributed by atoms with Crippen LogP contribution in [0.3, 0.4) is 0 Å². The van der Waals surface area contributed by atoms with Crippen LogP contribution < -0.4 is 5.32 Å². The summed E-state index contributed by atoms with van der Waals surface area (Å²) in [5.74, 6) is -0.672. The van der Waals surface area contributed by atoms with E-state index in [0.717, 1.165) is 6.26 Å². The summed E-state index contributed by atoms with van der Waals surface area (Å²) in [5, 5.41) is 2.59. The maximum atomic E-state index is 12.3. The summed E-state index contributed by atoms with van der Waals surface area (Å²) >= 11 is 0. The van der Waals surface area contributed by atoms with Crippen molar-refractivity contribution < 1.29 is 27.2 Å². The van der Waals surface area contributed by atoms with Gasteiger partial charge in [0.2, 0.25) is 0 Å². The predicted molar refractivity (Wildman–Crippen MR) is 89.7 cm³/mol. The first kappa shape index (κ1) is 18.7. The minimum Gasteiger partial charge on any atom is -0.467 e. The van der Waals surface area contributed by atoms with Gasteiger partial charge in [-0.15, -0.1) is 0 Å². The first-order valence-electron chi connectivity index (χ1n) is 7.50. The Labute approximate surface area is 145 Å².